The van der Waals surface area contributed by atoms with Gasteiger partial charge in [0.05, 0.1) is 0 Å². The number of hydrogen-bond acceptors (Lipinski definition) is 3. The van der Waals surface area contributed by atoms with Gasteiger partial charge in [-0.25, -0.2) is 0 Å². The molecule has 0 bridgehead atoms. The number of nitrogens with two attached hydrogens (primary N) is 2. The third-order valence-electron chi connectivity index (χ3n) is 5.04. The van der Waals surface area contributed by atoms with Crippen molar-refractivity contribution in [3.63, 3.8) is 0 Å². The van der Waals surface area contributed by atoms with Crippen LogP contribution in [0.15, 0.2) is 12.2 Å². The normalized spacial score (nSPS) is 15.0. The largest absolute Gasteiger partial charge is 0.360 e. The van der Waals surface area contributed by atoms with Crippen molar-refractivity contribution in [1.29, 1.82) is 0 Å². The minimum absolute atomic E-state index is 0.0627. The van der Waals surface area contributed by atoms with Gasteiger partial charge in [-0.3, -0.25) is 0 Å². The van der Waals surface area contributed by atoms with E-state index in [4.69, 9.17) is 16.2 Å². The molecule has 0 saturated carbocycles. The van der Waals surface area contributed by atoms with Gasteiger partial charge >= 0.3 is 0 Å². The van der Waals surface area contributed by atoms with Gasteiger partial charge in [0.2, 0.25) is 0 Å². The first-order valence-electron chi connectivity index (χ1n) is 10.7. The molecule has 0 saturated heterocycles. The zero-order chi connectivity index (χ0) is 19.0. The topological polar surface area (TPSA) is 61.3 Å². The molecule has 0 aliphatic carbocycles. The molecule has 0 radical (unpaired) electrons. The molecule has 0 aliphatic heterocycles. The second kappa shape index (κ2) is 14.8. The van der Waals surface area contributed by atoms with Crippen molar-refractivity contribution >= 4 is 0 Å². The molecule has 25 heavy (non-hydrogen) atoms. The lowest BCUT2D eigenvalue weighted by Gasteiger charge is -2.41. The van der Waals surface area contributed by atoms with Gasteiger partial charge in [0.15, 0.2) is 0 Å². The Labute approximate surface area is 158 Å². The van der Waals surface area contributed by atoms with Crippen LogP contribution in [0.1, 0.15) is 105 Å². The van der Waals surface area contributed by atoms with Crippen LogP contribution in [0.3, 0.4) is 0 Å². The van der Waals surface area contributed by atoms with Gasteiger partial charge in [-0.15, -0.1) is 0 Å². The van der Waals surface area contributed by atoms with Gasteiger partial charge in [0.1, 0.15) is 5.72 Å². The Morgan fingerprint density at radius 3 is 1.92 bits per heavy atom. The van der Waals surface area contributed by atoms with Crippen molar-refractivity contribution in [3.05, 3.63) is 12.2 Å². The van der Waals surface area contributed by atoms with E-state index in [2.05, 4.69) is 39.8 Å². The molecule has 0 aliphatic rings. The Kier molecular flexibility index (Phi) is 14.5. The van der Waals surface area contributed by atoms with Crippen molar-refractivity contribution in [2.45, 2.75) is 110 Å². The molecule has 0 rings (SSSR count). The van der Waals surface area contributed by atoms with Crippen LogP contribution in [0, 0.1) is 5.41 Å². The van der Waals surface area contributed by atoms with Gasteiger partial charge in [-0.2, -0.15) is 0 Å². The lowest BCUT2D eigenvalue weighted by molar-refractivity contribution is -0.120. The molecule has 0 aromatic heterocycles. The second-order valence-electron chi connectivity index (χ2n) is 8.40. The average Bonchev–Trinajstić information content (AvgIpc) is 2.56. The Balaban J connectivity index is 3.65. The Morgan fingerprint density at radius 2 is 1.36 bits per heavy atom. The number of rotatable bonds is 16. The molecule has 150 valence electrons. The van der Waals surface area contributed by atoms with Crippen LogP contribution in [0.4, 0.5) is 0 Å². The van der Waals surface area contributed by atoms with Gasteiger partial charge in [0.25, 0.3) is 0 Å². The van der Waals surface area contributed by atoms with Gasteiger partial charge in [0, 0.05) is 12.0 Å². The quantitative estimate of drug-likeness (QED) is 0.205. The summed E-state index contributed by atoms with van der Waals surface area (Å²) in [5.41, 5.74) is 11.5. The van der Waals surface area contributed by atoms with Crippen LogP contribution in [-0.4, -0.2) is 18.9 Å². The van der Waals surface area contributed by atoms with E-state index in [1.54, 1.807) is 0 Å². The molecule has 3 nitrogen and oxygen atoms in total. The fourth-order valence-electron chi connectivity index (χ4n) is 2.91. The first kappa shape index (κ1) is 24.6. The van der Waals surface area contributed by atoms with Crippen molar-refractivity contribution in [2.24, 2.45) is 16.9 Å². The maximum absolute atomic E-state index is 6.52. The molecule has 1 atom stereocenters. The third-order valence-corrected chi connectivity index (χ3v) is 5.04. The van der Waals surface area contributed by atoms with Crippen molar-refractivity contribution in [2.75, 3.05) is 13.2 Å². The Morgan fingerprint density at radius 1 is 0.800 bits per heavy atom. The highest BCUT2D eigenvalue weighted by Gasteiger charge is 2.38. The van der Waals surface area contributed by atoms with Crippen molar-refractivity contribution < 1.29 is 4.74 Å². The predicted octanol–water partition coefficient (Wildman–Crippen LogP) is 5.92. The summed E-state index contributed by atoms with van der Waals surface area (Å²) in [4.78, 5) is 0. The first-order valence-corrected chi connectivity index (χ1v) is 10.7. The summed E-state index contributed by atoms with van der Waals surface area (Å²) < 4.78 is 6.10. The van der Waals surface area contributed by atoms with E-state index in [9.17, 15) is 0 Å². The smallest absolute Gasteiger partial charge is 0.121 e. The van der Waals surface area contributed by atoms with Crippen LogP contribution >= 0.6 is 0 Å². The predicted molar refractivity (Wildman–Crippen MR) is 112 cm³/mol. The van der Waals surface area contributed by atoms with E-state index in [1.165, 1.54) is 57.8 Å². The number of unbranched alkanes of at least 4 members (excludes halogenated alkanes) is 8. The minimum Gasteiger partial charge on any atom is -0.360 e. The molecule has 0 heterocycles. The first-order chi connectivity index (χ1) is 11.9. The summed E-state index contributed by atoms with van der Waals surface area (Å²) in [6, 6.07) is 0. The van der Waals surface area contributed by atoms with E-state index in [1.807, 2.05) is 0 Å². The summed E-state index contributed by atoms with van der Waals surface area (Å²) >= 11 is 0. The minimum atomic E-state index is -0.559. The van der Waals surface area contributed by atoms with Crippen molar-refractivity contribution in [3.8, 4) is 0 Å². The summed E-state index contributed by atoms with van der Waals surface area (Å²) in [6.45, 7) is 10.1. The zero-order valence-electron chi connectivity index (χ0n) is 17.6. The molecular formula is C22H46N2O. The van der Waals surface area contributed by atoms with Crippen LogP contribution in [0.25, 0.3) is 0 Å². The van der Waals surface area contributed by atoms with Gasteiger partial charge in [-0.05, 0) is 45.1 Å². The highest BCUT2D eigenvalue weighted by atomic mass is 16.5. The third kappa shape index (κ3) is 12.6. The summed E-state index contributed by atoms with van der Waals surface area (Å²) in [5, 5.41) is 0. The highest BCUT2D eigenvalue weighted by molar-refractivity contribution is 4.87. The molecule has 0 fully saturated rings. The lowest BCUT2D eigenvalue weighted by Crippen LogP contribution is -2.54. The SMILES string of the molecule is CCCC/C=C\CCCCCCCCOC(N)(CCCN)C(C)(C)C. The molecular weight excluding hydrogens is 308 g/mol. The monoisotopic (exact) mass is 354 g/mol. The Hall–Kier alpha value is -0.380. The molecule has 3 heteroatoms. The molecule has 4 N–H and O–H groups in total. The maximum atomic E-state index is 6.52. The summed E-state index contributed by atoms with van der Waals surface area (Å²) in [5.74, 6) is 0. The molecule has 0 spiro atoms. The molecule has 0 aromatic rings. The maximum Gasteiger partial charge on any atom is 0.121 e. The number of allylic oxidation sites excluding steroid dienone is 2. The summed E-state index contributed by atoms with van der Waals surface area (Å²) in [6.07, 6.45) is 19.2. The fraction of sp³-hybridized carbons (Fsp3) is 0.909. The van der Waals surface area contributed by atoms with Gasteiger partial charge in [-0.1, -0.05) is 78.4 Å². The fourth-order valence-corrected chi connectivity index (χ4v) is 2.91. The van der Waals surface area contributed by atoms with Crippen LogP contribution in [0.5, 0.6) is 0 Å². The van der Waals surface area contributed by atoms with Crippen LogP contribution < -0.4 is 11.5 Å². The zero-order valence-corrected chi connectivity index (χ0v) is 17.6. The van der Waals surface area contributed by atoms with Gasteiger partial charge < -0.3 is 16.2 Å². The average molecular weight is 355 g/mol. The second-order valence-corrected chi connectivity index (χ2v) is 8.40. The number of ether oxygens (including phenoxy) is 1. The molecule has 1 unspecified atom stereocenters. The van der Waals surface area contributed by atoms with E-state index in [0.29, 0.717) is 6.54 Å². The van der Waals surface area contributed by atoms with E-state index >= 15 is 0 Å². The standard InChI is InChI=1S/C22H46N2O/c1-5-6-7-8-9-10-11-12-13-14-15-16-20-25-22(24,18-17-19-23)21(2,3)4/h8-9H,5-7,10-20,23-24H2,1-4H3/b9-8-. The highest BCUT2D eigenvalue weighted by Crippen LogP contribution is 2.33. The molecule has 0 amide bonds. The molecule has 0 aromatic carbocycles. The van der Waals surface area contributed by atoms with Crippen molar-refractivity contribution in [1.82, 2.24) is 0 Å². The van der Waals surface area contributed by atoms with E-state index < -0.39 is 5.72 Å². The summed E-state index contributed by atoms with van der Waals surface area (Å²) in [7, 11) is 0. The van der Waals surface area contributed by atoms with Crippen LogP contribution in [0.2, 0.25) is 0 Å². The van der Waals surface area contributed by atoms with Crippen LogP contribution in [-0.2, 0) is 4.74 Å². The Bertz CT molecular complexity index is 322. The number of hydrogen-bond donors (Lipinski definition) is 2. The van der Waals surface area contributed by atoms with E-state index in [0.717, 1.165) is 25.9 Å². The van der Waals surface area contributed by atoms with E-state index in [-0.39, 0.29) is 5.41 Å². The lowest BCUT2D eigenvalue weighted by atomic mass is 9.80.